The topological polar surface area (TPSA) is 85.1 Å². The molecule has 0 spiro atoms. The molecule has 0 bridgehead atoms. The lowest BCUT2D eigenvalue weighted by Crippen LogP contribution is -2.26. The second kappa shape index (κ2) is 5.68. The minimum Gasteiger partial charge on any atom is -0.326 e. The van der Waals surface area contributed by atoms with Crippen molar-refractivity contribution in [2.45, 2.75) is 30.6 Å². The summed E-state index contributed by atoms with van der Waals surface area (Å²) in [5, 5.41) is 2.66. The summed E-state index contributed by atoms with van der Waals surface area (Å²) >= 11 is 2.64. The van der Waals surface area contributed by atoms with Gasteiger partial charge in [-0.3, -0.25) is 0 Å². The molecule has 0 fully saturated rings. The normalized spacial score (nSPS) is 13.6. The van der Waals surface area contributed by atoms with Crippen LogP contribution >= 0.6 is 22.7 Å². The number of thiophene rings is 1. The predicted octanol–water partition coefficient (Wildman–Crippen LogP) is 2.01. The minimum absolute atomic E-state index is 0.285. The number of nitrogens with one attached hydrogen (secondary N) is 1. The van der Waals surface area contributed by atoms with Crippen LogP contribution in [0, 0.1) is 6.92 Å². The van der Waals surface area contributed by atoms with E-state index in [1.54, 1.807) is 19.1 Å². The van der Waals surface area contributed by atoms with Crippen LogP contribution in [-0.2, 0) is 16.6 Å². The highest BCUT2D eigenvalue weighted by atomic mass is 32.2. The van der Waals surface area contributed by atoms with E-state index in [2.05, 4.69) is 9.71 Å². The summed E-state index contributed by atoms with van der Waals surface area (Å²) in [5.74, 6) is 0. The van der Waals surface area contributed by atoms with Crippen LogP contribution in [0.15, 0.2) is 21.7 Å². The number of aromatic nitrogens is 1. The second-order valence-corrected chi connectivity index (χ2v) is 8.09. The van der Waals surface area contributed by atoms with Crippen LogP contribution in [0.25, 0.3) is 0 Å². The third kappa shape index (κ3) is 3.40. The number of sulfonamides is 1. The Labute approximate surface area is 120 Å². The molecule has 0 aliphatic carbocycles. The molecular weight excluding hydrogens is 302 g/mol. The average molecular weight is 317 g/mol. The second-order valence-electron chi connectivity index (χ2n) is 4.09. The van der Waals surface area contributed by atoms with Crippen molar-refractivity contribution in [1.29, 1.82) is 0 Å². The molecular formula is C11H15N3O2S3. The number of aryl methyl sites for hydroxylation is 1. The molecule has 2 rings (SSSR count). The Hall–Kier alpha value is -0.800. The summed E-state index contributed by atoms with van der Waals surface area (Å²) in [4.78, 5) is 5.13. The quantitative estimate of drug-likeness (QED) is 0.883. The van der Waals surface area contributed by atoms with Crippen molar-refractivity contribution in [2.75, 3.05) is 0 Å². The molecule has 3 N–H and O–H groups in total. The van der Waals surface area contributed by atoms with Crippen molar-refractivity contribution in [3.63, 3.8) is 0 Å². The Morgan fingerprint density at radius 2 is 2.21 bits per heavy atom. The molecule has 0 saturated heterocycles. The number of hydrogen-bond donors (Lipinski definition) is 2. The minimum atomic E-state index is -3.51. The van der Waals surface area contributed by atoms with Crippen LogP contribution in [0.1, 0.15) is 28.5 Å². The number of rotatable bonds is 5. The third-order valence-electron chi connectivity index (χ3n) is 2.44. The summed E-state index contributed by atoms with van der Waals surface area (Å²) in [5.41, 5.74) is 6.38. The molecule has 1 atom stereocenters. The SMILES string of the molecule is Cc1csc(C(C)NS(=O)(=O)c2ccc(CN)s2)n1. The van der Waals surface area contributed by atoms with E-state index in [0.717, 1.165) is 15.6 Å². The molecule has 2 heterocycles. The average Bonchev–Trinajstić information content (AvgIpc) is 2.96. The maximum atomic E-state index is 12.2. The molecule has 1 unspecified atom stereocenters. The molecule has 0 aliphatic heterocycles. The summed E-state index contributed by atoms with van der Waals surface area (Å²) in [6.45, 7) is 4.02. The summed E-state index contributed by atoms with van der Waals surface area (Å²) in [6.07, 6.45) is 0. The zero-order valence-electron chi connectivity index (χ0n) is 10.6. The molecule has 5 nitrogen and oxygen atoms in total. The summed E-state index contributed by atoms with van der Waals surface area (Å²) < 4.78 is 27.3. The van der Waals surface area contributed by atoms with Gasteiger partial charge in [-0.05, 0) is 26.0 Å². The van der Waals surface area contributed by atoms with Gasteiger partial charge in [-0.25, -0.2) is 18.1 Å². The van der Waals surface area contributed by atoms with Crippen LogP contribution < -0.4 is 10.5 Å². The lowest BCUT2D eigenvalue weighted by atomic mass is 10.4. The van der Waals surface area contributed by atoms with Crippen molar-refractivity contribution in [3.05, 3.63) is 33.1 Å². The maximum Gasteiger partial charge on any atom is 0.250 e. The van der Waals surface area contributed by atoms with E-state index in [0.29, 0.717) is 6.54 Å². The number of hydrogen-bond acceptors (Lipinski definition) is 6. The number of nitrogens with two attached hydrogens (primary N) is 1. The van der Waals surface area contributed by atoms with Crippen molar-refractivity contribution in [3.8, 4) is 0 Å². The van der Waals surface area contributed by atoms with Gasteiger partial charge in [-0.15, -0.1) is 22.7 Å². The van der Waals surface area contributed by atoms with E-state index in [1.807, 2.05) is 12.3 Å². The van der Waals surface area contributed by atoms with Gasteiger partial charge in [0.15, 0.2) is 0 Å². The molecule has 0 amide bonds. The van der Waals surface area contributed by atoms with E-state index >= 15 is 0 Å². The fourth-order valence-corrected chi connectivity index (χ4v) is 4.86. The molecule has 0 radical (unpaired) electrons. The fourth-order valence-electron chi connectivity index (χ4n) is 1.52. The van der Waals surface area contributed by atoms with Gasteiger partial charge >= 0.3 is 0 Å². The van der Waals surface area contributed by atoms with Gasteiger partial charge < -0.3 is 5.73 Å². The zero-order valence-corrected chi connectivity index (χ0v) is 13.0. The van der Waals surface area contributed by atoms with E-state index in [4.69, 9.17) is 5.73 Å². The van der Waals surface area contributed by atoms with E-state index < -0.39 is 10.0 Å². The Balaban J connectivity index is 2.17. The Morgan fingerprint density at radius 1 is 1.47 bits per heavy atom. The van der Waals surface area contributed by atoms with Crippen LogP contribution in [0.3, 0.4) is 0 Å². The van der Waals surface area contributed by atoms with Crippen LogP contribution in [0.5, 0.6) is 0 Å². The standard InChI is InChI=1S/C11H15N3O2S3/c1-7-6-17-11(13-7)8(2)14-19(15,16)10-4-3-9(5-12)18-10/h3-4,6,8,14H,5,12H2,1-2H3. The first-order valence-corrected chi connectivity index (χ1v) is 8.83. The smallest absolute Gasteiger partial charge is 0.250 e. The number of thiazole rings is 1. The zero-order chi connectivity index (χ0) is 14.0. The van der Waals surface area contributed by atoms with Gasteiger partial charge in [0.2, 0.25) is 0 Å². The van der Waals surface area contributed by atoms with Crippen LogP contribution in [0.4, 0.5) is 0 Å². The van der Waals surface area contributed by atoms with Crippen molar-refractivity contribution < 1.29 is 8.42 Å². The summed E-state index contributed by atoms with van der Waals surface area (Å²) in [7, 11) is -3.51. The first-order valence-electron chi connectivity index (χ1n) is 5.65. The van der Waals surface area contributed by atoms with Crippen molar-refractivity contribution in [1.82, 2.24) is 9.71 Å². The van der Waals surface area contributed by atoms with Gasteiger partial charge in [0, 0.05) is 22.5 Å². The van der Waals surface area contributed by atoms with E-state index in [9.17, 15) is 8.42 Å². The molecule has 2 aromatic rings. The molecule has 0 saturated carbocycles. The highest BCUT2D eigenvalue weighted by Gasteiger charge is 2.21. The van der Waals surface area contributed by atoms with Crippen molar-refractivity contribution >= 4 is 32.7 Å². The Kier molecular flexibility index (Phi) is 4.36. The first-order chi connectivity index (χ1) is 8.92. The van der Waals surface area contributed by atoms with E-state index in [-0.39, 0.29) is 10.3 Å². The van der Waals surface area contributed by atoms with Crippen molar-refractivity contribution in [2.24, 2.45) is 5.73 Å². The highest BCUT2D eigenvalue weighted by Crippen LogP contribution is 2.24. The summed E-state index contributed by atoms with van der Waals surface area (Å²) in [6, 6.07) is 2.97. The molecule has 2 aromatic heterocycles. The molecule has 19 heavy (non-hydrogen) atoms. The lowest BCUT2D eigenvalue weighted by molar-refractivity contribution is 0.568. The molecule has 8 heteroatoms. The van der Waals surface area contributed by atoms with Gasteiger partial charge in [-0.1, -0.05) is 0 Å². The largest absolute Gasteiger partial charge is 0.326 e. The van der Waals surface area contributed by atoms with Gasteiger partial charge in [0.1, 0.15) is 9.22 Å². The molecule has 0 aromatic carbocycles. The highest BCUT2D eigenvalue weighted by molar-refractivity contribution is 7.91. The molecule has 0 aliphatic rings. The van der Waals surface area contributed by atoms with Gasteiger partial charge in [0.05, 0.1) is 6.04 Å². The predicted molar refractivity (Wildman–Crippen MR) is 77.8 cm³/mol. The van der Waals surface area contributed by atoms with Crippen LogP contribution in [-0.4, -0.2) is 13.4 Å². The van der Waals surface area contributed by atoms with Gasteiger partial charge in [-0.2, -0.15) is 0 Å². The Morgan fingerprint density at radius 3 is 2.74 bits per heavy atom. The Bertz CT molecular complexity index is 660. The lowest BCUT2D eigenvalue weighted by Gasteiger charge is -2.10. The van der Waals surface area contributed by atoms with E-state index in [1.165, 1.54) is 22.7 Å². The fraction of sp³-hybridized carbons (Fsp3) is 0.364. The number of nitrogens with zero attached hydrogens (tertiary/aromatic N) is 1. The van der Waals surface area contributed by atoms with Crippen LogP contribution in [0.2, 0.25) is 0 Å². The third-order valence-corrected chi connectivity index (χ3v) is 6.73. The monoisotopic (exact) mass is 317 g/mol. The van der Waals surface area contributed by atoms with Gasteiger partial charge in [0.25, 0.3) is 10.0 Å². The first kappa shape index (κ1) is 14.6. The molecule has 104 valence electrons. The maximum absolute atomic E-state index is 12.2.